The van der Waals surface area contributed by atoms with E-state index in [2.05, 4.69) is 10.3 Å². The average molecular weight is 505 g/mol. The molecule has 34 heavy (non-hydrogen) atoms. The van der Waals surface area contributed by atoms with Crippen molar-refractivity contribution in [3.63, 3.8) is 0 Å². The van der Waals surface area contributed by atoms with Gasteiger partial charge in [0, 0.05) is 5.56 Å². The lowest BCUT2D eigenvalue weighted by Gasteiger charge is -2.28. The molecule has 0 spiro atoms. The number of halogens is 3. The lowest BCUT2D eigenvalue weighted by atomic mass is 10.1. The van der Waals surface area contributed by atoms with Gasteiger partial charge in [-0.25, -0.2) is 9.20 Å². The van der Waals surface area contributed by atoms with Crippen LogP contribution in [0.3, 0.4) is 0 Å². The van der Waals surface area contributed by atoms with Gasteiger partial charge >= 0.3 is 6.18 Å². The fourth-order valence-electron chi connectivity index (χ4n) is 3.28. The van der Waals surface area contributed by atoms with Crippen molar-refractivity contribution in [1.29, 1.82) is 0 Å². The number of nitrogens with two attached hydrogens (primary N) is 1. The number of nitrogens with zero attached hydrogens (tertiary/aromatic N) is 2. The zero-order valence-corrected chi connectivity index (χ0v) is 19.4. The number of rotatable bonds is 4. The van der Waals surface area contributed by atoms with Crippen LogP contribution in [0.5, 0.6) is 0 Å². The van der Waals surface area contributed by atoms with Crippen molar-refractivity contribution in [2.45, 2.75) is 17.6 Å². The highest BCUT2D eigenvalue weighted by atomic mass is 32.2. The molecule has 1 atom stereocenters. The molecule has 0 saturated heterocycles. The molecule has 0 fully saturated rings. The Labute approximate surface area is 200 Å². The quantitative estimate of drug-likeness (QED) is 0.464. The molecular formula is C23H19F3N4O2S2. The summed E-state index contributed by atoms with van der Waals surface area (Å²) >= 11 is 1.19. The summed E-state index contributed by atoms with van der Waals surface area (Å²) in [6.07, 6.45) is -2.80. The van der Waals surface area contributed by atoms with Gasteiger partial charge in [0.1, 0.15) is 0 Å². The number of benzene rings is 3. The van der Waals surface area contributed by atoms with Crippen LogP contribution < -0.4 is 11.1 Å². The first-order chi connectivity index (χ1) is 16.2. The Morgan fingerprint density at radius 2 is 1.82 bits per heavy atom. The summed E-state index contributed by atoms with van der Waals surface area (Å²) in [5.74, 6) is -0.327. The molecule has 1 aliphatic heterocycles. The van der Waals surface area contributed by atoms with Gasteiger partial charge in [-0.05, 0) is 54.3 Å². The van der Waals surface area contributed by atoms with Gasteiger partial charge in [-0.3, -0.25) is 9.10 Å². The number of para-hydroxylation sites is 2. The number of carbonyl (C=O) groups is 1. The molecule has 0 aromatic heterocycles. The van der Waals surface area contributed by atoms with Crippen molar-refractivity contribution < 1.29 is 22.2 Å². The summed E-state index contributed by atoms with van der Waals surface area (Å²) in [4.78, 5) is 17.0. The number of carbonyl (C=O) groups excluding carboxylic acids is 1. The van der Waals surface area contributed by atoms with Crippen molar-refractivity contribution in [2.75, 3.05) is 17.3 Å². The Balaban J connectivity index is 1.52. The van der Waals surface area contributed by atoms with Crippen LogP contribution in [-0.2, 0) is 23.7 Å². The summed E-state index contributed by atoms with van der Waals surface area (Å²) in [6.45, 7) is 0.195. The predicted molar refractivity (Wildman–Crippen MR) is 129 cm³/mol. The van der Waals surface area contributed by atoms with E-state index in [1.165, 1.54) is 22.1 Å². The summed E-state index contributed by atoms with van der Waals surface area (Å²) in [5, 5.41) is 3.09. The van der Waals surface area contributed by atoms with E-state index in [0.717, 1.165) is 17.7 Å². The molecular weight excluding hydrogens is 485 g/mol. The molecule has 0 radical (unpaired) electrons. The zero-order chi connectivity index (χ0) is 24.5. The van der Waals surface area contributed by atoms with Gasteiger partial charge in [0.2, 0.25) is 0 Å². The lowest BCUT2D eigenvalue weighted by Crippen LogP contribution is -2.32. The summed E-state index contributed by atoms with van der Waals surface area (Å²) in [7, 11) is -1.74. The molecule has 3 N–H and O–H groups in total. The molecule has 3 aromatic rings. The molecule has 3 aromatic carbocycles. The second-order valence-electron chi connectivity index (χ2n) is 7.30. The van der Waals surface area contributed by atoms with Crippen molar-refractivity contribution in [1.82, 2.24) is 4.31 Å². The molecule has 1 heterocycles. The minimum absolute atomic E-state index is 0.0426. The standard InChI is InChI=1S/C23H19F3N4O2S2/c1-33-22-29-19-12-16(23(24,25)26)10-11-20(19)34(32)30(22)13-14-6-8-15(9-7-14)21(31)28-18-5-3-2-4-17(18)27/h2-12H,13,27H2,1H3,(H,28,31). The Morgan fingerprint density at radius 1 is 1.12 bits per heavy atom. The largest absolute Gasteiger partial charge is 0.416 e. The van der Waals surface area contributed by atoms with Gasteiger partial charge in [-0.1, -0.05) is 36.0 Å². The van der Waals surface area contributed by atoms with E-state index in [1.54, 1.807) is 54.8 Å². The number of hydrogen-bond acceptors (Lipinski definition) is 5. The number of amidine groups is 1. The van der Waals surface area contributed by atoms with E-state index in [-0.39, 0.29) is 23.0 Å². The lowest BCUT2D eigenvalue weighted by molar-refractivity contribution is -0.137. The molecule has 0 bridgehead atoms. The highest BCUT2D eigenvalue weighted by Crippen LogP contribution is 2.38. The second-order valence-corrected chi connectivity index (χ2v) is 9.46. The molecule has 0 saturated carbocycles. The Bertz CT molecular complexity index is 1290. The number of aliphatic imine (C=N–C) groups is 1. The van der Waals surface area contributed by atoms with Gasteiger partial charge in [-0.15, -0.1) is 0 Å². The molecule has 1 amide bonds. The number of alkyl halides is 3. The fraction of sp³-hybridized carbons (Fsp3) is 0.130. The number of fused-ring (bicyclic) bond motifs is 1. The summed E-state index contributed by atoms with van der Waals surface area (Å²) in [6, 6.07) is 16.6. The Hall–Kier alpha value is -3.31. The van der Waals surface area contributed by atoms with E-state index in [1.807, 2.05) is 0 Å². The topological polar surface area (TPSA) is 87.8 Å². The molecule has 1 unspecified atom stereocenters. The van der Waals surface area contributed by atoms with Crippen molar-refractivity contribution in [3.05, 3.63) is 83.4 Å². The first-order valence-corrected chi connectivity index (χ1v) is 12.3. The third kappa shape index (κ3) is 4.95. The van der Waals surface area contributed by atoms with Crippen LogP contribution in [0.2, 0.25) is 0 Å². The normalized spacial score (nSPS) is 15.5. The van der Waals surface area contributed by atoms with Gasteiger partial charge in [-0.2, -0.15) is 13.2 Å². The minimum atomic E-state index is -4.51. The Kier molecular flexibility index (Phi) is 6.67. The van der Waals surface area contributed by atoms with Gasteiger partial charge in [0.25, 0.3) is 5.91 Å². The maximum Gasteiger partial charge on any atom is 0.416 e. The molecule has 176 valence electrons. The van der Waals surface area contributed by atoms with Crippen LogP contribution >= 0.6 is 11.8 Å². The fourth-order valence-corrected chi connectivity index (χ4v) is 5.32. The number of thioether (sulfide) groups is 1. The third-order valence-corrected chi connectivity index (χ3v) is 7.25. The van der Waals surface area contributed by atoms with Gasteiger partial charge < -0.3 is 11.1 Å². The first kappa shape index (κ1) is 23.8. The monoisotopic (exact) mass is 504 g/mol. The van der Waals surface area contributed by atoms with Crippen LogP contribution in [0.4, 0.5) is 30.2 Å². The van der Waals surface area contributed by atoms with E-state index in [9.17, 15) is 22.2 Å². The predicted octanol–water partition coefficient (Wildman–Crippen LogP) is 5.43. The van der Waals surface area contributed by atoms with Crippen molar-refractivity contribution in [2.24, 2.45) is 4.99 Å². The van der Waals surface area contributed by atoms with Gasteiger partial charge in [0.05, 0.1) is 34.1 Å². The van der Waals surface area contributed by atoms with E-state index in [0.29, 0.717) is 22.1 Å². The van der Waals surface area contributed by atoms with Gasteiger partial charge in [0.15, 0.2) is 16.2 Å². The smallest absolute Gasteiger partial charge is 0.397 e. The van der Waals surface area contributed by atoms with Crippen LogP contribution in [0.25, 0.3) is 0 Å². The van der Waals surface area contributed by atoms with Crippen LogP contribution in [0.15, 0.2) is 76.6 Å². The Morgan fingerprint density at radius 3 is 2.47 bits per heavy atom. The maximum absolute atomic E-state index is 13.1. The molecule has 11 heteroatoms. The number of nitrogen functional groups attached to an aromatic ring is 1. The van der Waals surface area contributed by atoms with E-state index >= 15 is 0 Å². The summed E-state index contributed by atoms with van der Waals surface area (Å²) < 4.78 is 53.8. The van der Waals surface area contributed by atoms with Crippen LogP contribution in [-0.4, -0.2) is 25.8 Å². The highest BCUT2D eigenvalue weighted by Gasteiger charge is 2.34. The maximum atomic E-state index is 13.1. The first-order valence-electron chi connectivity index (χ1n) is 9.95. The van der Waals surface area contributed by atoms with E-state index < -0.39 is 22.7 Å². The SMILES string of the molecule is CSC1=Nc2cc(C(F)(F)F)ccc2S(=O)N1Cc1ccc(C(=O)Nc2ccccc2N)cc1. The highest BCUT2D eigenvalue weighted by molar-refractivity contribution is 8.14. The third-order valence-electron chi connectivity index (χ3n) is 5.04. The average Bonchev–Trinajstić information content (AvgIpc) is 2.81. The summed E-state index contributed by atoms with van der Waals surface area (Å²) in [5.41, 5.74) is 7.18. The molecule has 4 rings (SSSR count). The van der Waals surface area contributed by atoms with E-state index in [4.69, 9.17) is 5.73 Å². The van der Waals surface area contributed by atoms with Crippen LogP contribution in [0, 0.1) is 0 Å². The number of anilines is 2. The second kappa shape index (κ2) is 9.51. The number of nitrogens with one attached hydrogen (secondary N) is 1. The van der Waals surface area contributed by atoms with Crippen molar-refractivity contribution in [3.8, 4) is 0 Å². The molecule has 0 aliphatic carbocycles. The number of hydrogen-bond donors (Lipinski definition) is 2. The van der Waals surface area contributed by atoms with Crippen LogP contribution in [0.1, 0.15) is 21.5 Å². The van der Waals surface area contributed by atoms with Crippen molar-refractivity contribution >= 4 is 50.9 Å². The molecule has 6 nitrogen and oxygen atoms in total. The molecule has 1 aliphatic rings. The minimum Gasteiger partial charge on any atom is -0.397 e. The zero-order valence-electron chi connectivity index (χ0n) is 17.8. The number of amides is 1.